The smallest absolute Gasteiger partial charge is 0.255 e. The Morgan fingerprint density at radius 2 is 2.00 bits per heavy atom. The SMILES string of the molecule is Cc1cc(O)ccc1C(=O)Nc1ccc(N)c(Cl)c1. The summed E-state index contributed by atoms with van der Waals surface area (Å²) in [5.74, 6) is -0.136. The number of anilines is 2. The van der Waals surface area contributed by atoms with Crippen LogP contribution in [0.15, 0.2) is 36.4 Å². The van der Waals surface area contributed by atoms with E-state index in [1.807, 2.05) is 0 Å². The Balaban J connectivity index is 2.23. The number of halogens is 1. The molecule has 0 fully saturated rings. The quantitative estimate of drug-likeness (QED) is 0.737. The molecule has 98 valence electrons. The van der Waals surface area contributed by atoms with Gasteiger partial charge in [-0.05, 0) is 48.9 Å². The molecule has 0 aliphatic heterocycles. The van der Waals surface area contributed by atoms with Gasteiger partial charge in [0.1, 0.15) is 5.75 Å². The Hall–Kier alpha value is -2.20. The number of phenols is 1. The zero-order valence-electron chi connectivity index (χ0n) is 10.3. The molecule has 0 aromatic heterocycles. The molecule has 0 heterocycles. The second-order valence-corrected chi connectivity index (χ2v) is 4.60. The summed E-state index contributed by atoms with van der Waals surface area (Å²) in [5.41, 5.74) is 7.81. The van der Waals surface area contributed by atoms with Crippen molar-refractivity contribution in [3.63, 3.8) is 0 Å². The van der Waals surface area contributed by atoms with Gasteiger partial charge < -0.3 is 16.2 Å². The van der Waals surface area contributed by atoms with Crippen molar-refractivity contribution in [1.82, 2.24) is 0 Å². The minimum absolute atomic E-state index is 0.129. The molecule has 0 aliphatic carbocycles. The van der Waals surface area contributed by atoms with Crippen LogP contribution in [0.5, 0.6) is 5.75 Å². The van der Waals surface area contributed by atoms with Crippen molar-refractivity contribution >= 4 is 28.9 Å². The zero-order chi connectivity index (χ0) is 14.0. The Morgan fingerprint density at radius 1 is 1.26 bits per heavy atom. The minimum Gasteiger partial charge on any atom is -0.508 e. The van der Waals surface area contributed by atoms with Gasteiger partial charge in [-0.15, -0.1) is 0 Å². The molecule has 1 amide bonds. The van der Waals surface area contributed by atoms with Gasteiger partial charge in [0, 0.05) is 11.3 Å². The van der Waals surface area contributed by atoms with Gasteiger partial charge in [-0.25, -0.2) is 0 Å². The zero-order valence-corrected chi connectivity index (χ0v) is 11.0. The van der Waals surface area contributed by atoms with Crippen LogP contribution in [-0.2, 0) is 0 Å². The number of nitrogens with one attached hydrogen (secondary N) is 1. The van der Waals surface area contributed by atoms with E-state index in [0.29, 0.717) is 27.5 Å². The number of nitrogen functional groups attached to an aromatic ring is 1. The molecular formula is C14H13ClN2O2. The van der Waals surface area contributed by atoms with Crippen molar-refractivity contribution < 1.29 is 9.90 Å². The summed E-state index contributed by atoms with van der Waals surface area (Å²) in [6, 6.07) is 9.46. The molecule has 0 saturated carbocycles. The lowest BCUT2D eigenvalue weighted by Gasteiger charge is -2.09. The van der Waals surface area contributed by atoms with Gasteiger partial charge in [-0.3, -0.25) is 4.79 Å². The van der Waals surface area contributed by atoms with E-state index in [2.05, 4.69) is 5.32 Å². The lowest BCUT2D eigenvalue weighted by atomic mass is 10.1. The predicted octanol–water partition coefficient (Wildman–Crippen LogP) is 3.19. The molecule has 4 nitrogen and oxygen atoms in total. The number of carbonyl (C=O) groups is 1. The van der Waals surface area contributed by atoms with Crippen LogP contribution in [0.4, 0.5) is 11.4 Å². The van der Waals surface area contributed by atoms with E-state index in [1.54, 1.807) is 31.2 Å². The molecule has 0 radical (unpaired) electrons. The van der Waals surface area contributed by atoms with Gasteiger partial charge in [-0.1, -0.05) is 11.6 Å². The third kappa shape index (κ3) is 2.98. The number of aryl methyl sites for hydroxylation is 1. The van der Waals surface area contributed by atoms with Crippen LogP contribution in [0.1, 0.15) is 15.9 Å². The predicted molar refractivity (Wildman–Crippen MR) is 76.7 cm³/mol. The van der Waals surface area contributed by atoms with Crippen LogP contribution in [0.2, 0.25) is 5.02 Å². The number of aromatic hydroxyl groups is 1. The van der Waals surface area contributed by atoms with Crippen LogP contribution < -0.4 is 11.1 Å². The number of amides is 1. The minimum atomic E-state index is -0.265. The number of phenolic OH excluding ortho intramolecular Hbond substituents is 1. The second-order valence-electron chi connectivity index (χ2n) is 4.19. The Bertz CT molecular complexity index is 641. The molecule has 19 heavy (non-hydrogen) atoms. The number of carbonyl (C=O) groups excluding carboxylic acids is 1. The first-order chi connectivity index (χ1) is 8.97. The average Bonchev–Trinajstić information content (AvgIpc) is 2.33. The Labute approximate surface area is 115 Å². The van der Waals surface area contributed by atoms with Gasteiger partial charge in [-0.2, -0.15) is 0 Å². The molecule has 2 rings (SSSR count). The van der Waals surface area contributed by atoms with E-state index >= 15 is 0 Å². The first-order valence-electron chi connectivity index (χ1n) is 5.63. The van der Waals surface area contributed by atoms with E-state index in [4.69, 9.17) is 17.3 Å². The molecule has 5 heteroatoms. The fourth-order valence-electron chi connectivity index (χ4n) is 1.71. The fraction of sp³-hybridized carbons (Fsp3) is 0.0714. The molecule has 0 saturated heterocycles. The fourth-order valence-corrected chi connectivity index (χ4v) is 1.89. The molecule has 0 atom stereocenters. The maximum absolute atomic E-state index is 12.1. The van der Waals surface area contributed by atoms with E-state index < -0.39 is 0 Å². The second kappa shape index (κ2) is 5.20. The van der Waals surface area contributed by atoms with Crippen molar-refractivity contribution in [1.29, 1.82) is 0 Å². The van der Waals surface area contributed by atoms with Gasteiger partial charge in [0.05, 0.1) is 10.7 Å². The summed E-state index contributed by atoms with van der Waals surface area (Å²) in [5, 5.41) is 12.4. The van der Waals surface area contributed by atoms with Crippen molar-refractivity contribution in [2.45, 2.75) is 6.92 Å². The largest absolute Gasteiger partial charge is 0.508 e. The van der Waals surface area contributed by atoms with Gasteiger partial charge in [0.25, 0.3) is 5.91 Å². The van der Waals surface area contributed by atoms with Crippen LogP contribution in [0.25, 0.3) is 0 Å². The topological polar surface area (TPSA) is 75.3 Å². The van der Waals surface area contributed by atoms with Crippen molar-refractivity contribution in [2.24, 2.45) is 0 Å². The lowest BCUT2D eigenvalue weighted by molar-refractivity contribution is 0.102. The average molecular weight is 277 g/mol. The molecule has 0 aliphatic rings. The van der Waals surface area contributed by atoms with Crippen LogP contribution in [-0.4, -0.2) is 11.0 Å². The first kappa shape index (κ1) is 13.2. The van der Waals surface area contributed by atoms with Crippen molar-refractivity contribution in [3.8, 4) is 5.75 Å². The molecule has 2 aromatic carbocycles. The van der Waals surface area contributed by atoms with Crippen LogP contribution >= 0.6 is 11.6 Å². The standard InChI is InChI=1S/C14H13ClN2O2/c1-8-6-10(18)3-4-11(8)14(19)17-9-2-5-13(16)12(15)7-9/h2-7,18H,16H2,1H3,(H,17,19). The summed E-state index contributed by atoms with van der Waals surface area (Å²) < 4.78 is 0. The molecule has 0 bridgehead atoms. The van der Waals surface area contributed by atoms with Gasteiger partial charge >= 0.3 is 0 Å². The van der Waals surface area contributed by atoms with Crippen LogP contribution in [0.3, 0.4) is 0 Å². The normalized spacial score (nSPS) is 10.2. The first-order valence-corrected chi connectivity index (χ1v) is 6.01. The summed E-state index contributed by atoms with van der Waals surface area (Å²) in [6.07, 6.45) is 0. The monoisotopic (exact) mass is 276 g/mol. The van der Waals surface area contributed by atoms with Crippen molar-refractivity contribution in [3.05, 3.63) is 52.5 Å². The molecular weight excluding hydrogens is 264 g/mol. The maximum Gasteiger partial charge on any atom is 0.255 e. The highest BCUT2D eigenvalue weighted by atomic mass is 35.5. The molecule has 0 unspecified atom stereocenters. The Kier molecular flexibility index (Phi) is 3.62. The lowest BCUT2D eigenvalue weighted by Crippen LogP contribution is -2.13. The van der Waals surface area contributed by atoms with E-state index in [-0.39, 0.29) is 11.7 Å². The summed E-state index contributed by atoms with van der Waals surface area (Å²) in [7, 11) is 0. The summed E-state index contributed by atoms with van der Waals surface area (Å²) in [6.45, 7) is 1.75. The maximum atomic E-state index is 12.1. The third-order valence-electron chi connectivity index (χ3n) is 2.71. The molecule has 4 N–H and O–H groups in total. The molecule has 2 aromatic rings. The van der Waals surface area contributed by atoms with Gasteiger partial charge in [0.2, 0.25) is 0 Å². The van der Waals surface area contributed by atoms with Crippen molar-refractivity contribution in [2.75, 3.05) is 11.1 Å². The third-order valence-corrected chi connectivity index (χ3v) is 3.04. The number of hydrogen-bond acceptors (Lipinski definition) is 3. The van der Waals surface area contributed by atoms with E-state index in [0.717, 1.165) is 0 Å². The van der Waals surface area contributed by atoms with E-state index in [1.165, 1.54) is 12.1 Å². The highest BCUT2D eigenvalue weighted by Gasteiger charge is 2.10. The highest BCUT2D eigenvalue weighted by molar-refractivity contribution is 6.33. The summed E-state index contributed by atoms with van der Waals surface area (Å²) in [4.78, 5) is 12.1. The number of nitrogens with two attached hydrogens (primary N) is 1. The Morgan fingerprint density at radius 3 is 2.63 bits per heavy atom. The number of rotatable bonds is 2. The molecule has 0 spiro atoms. The van der Waals surface area contributed by atoms with E-state index in [9.17, 15) is 9.90 Å². The number of hydrogen-bond donors (Lipinski definition) is 3. The van der Waals surface area contributed by atoms with Crippen LogP contribution in [0, 0.1) is 6.92 Å². The summed E-state index contributed by atoms with van der Waals surface area (Å²) >= 11 is 5.89. The number of benzene rings is 2. The highest BCUT2D eigenvalue weighted by Crippen LogP contribution is 2.23. The van der Waals surface area contributed by atoms with Gasteiger partial charge in [0.15, 0.2) is 0 Å².